The Labute approximate surface area is 159 Å². The van der Waals surface area contributed by atoms with Crippen LogP contribution in [0.1, 0.15) is 16.1 Å². The predicted octanol–water partition coefficient (Wildman–Crippen LogP) is 1.56. The molecule has 0 atom stereocenters. The van der Waals surface area contributed by atoms with Crippen LogP contribution in [0.3, 0.4) is 0 Å². The predicted molar refractivity (Wildman–Crippen MR) is 97.8 cm³/mol. The highest BCUT2D eigenvalue weighted by atomic mass is 32.2. The van der Waals surface area contributed by atoms with Gasteiger partial charge in [-0.1, -0.05) is 0 Å². The number of rotatable bonds is 6. The molecule has 27 heavy (non-hydrogen) atoms. The third-order valence-electron chi connectivity index (χ3n) is 3.56. The fourth-order valence-electron chi connectivity index (χ4n) is 2.29. The van der Waals surface area contributed by atoms with Gasteiger partial charge in [-0.2, -0.15) is 5.10 Å². The number of nitrogens with zero attached hydrogens (tertiary/aromatic N) is 3. The van der Waals surface area contributed by atoms with E-state index in [0.29, 0.717) is 5.69 Å². The molecule has 0 radical (unpaired) electrons. The Balaban J connectivity index is 1.72. The normalized spacial score (nSPS) is 11.4. The molecule has 2 aromatic heterocycles. The number of benzene rings is 1. The van der Waals surface area contributed by atoms with Crippen LogP contribution in [0, 0.1) is 0 Å². The van der Waals surface area contributed by atoms with Crippen LogP contribution in [0.5, 0.6) is 5.75 Å². The number of thiazole rings is 1. The molecule has 0 amide bonds. The standard InChI is InChI=1S/C16H16N4O5S2/c1-20-7-11(6-18-20)15-19-12(9-26-15)8-25-16(21)10-3-4-13(24-2)14(5-10)27(17,22)23/h3-7,9H,8H2,1-2H3,(H2,17,22,23). The molecule has 9 nitrogen and oxygen atoms in total. The summed E-state index contributed by atoms with van der Waals surface area (Å²) in [7, 11) is -0.926. The van der Waals surface area contributed by atoms with Gasteiger partial charge in [0.15, 0.2) is 0 Å². The minimum Gasteiger partial charge on any atom is -0.495 e. The van der Waals surface area contributed by atoms with Crippen molar-refractivity contribution in [3.63, 3.8) is 0 Å². The summed E-state index contributed by atoms with van der Waals surface area (Å²) in [6.07, 6.45) is 3.53. The molecular weight excluding hydrogens is 392 g/mol. The zero-order chi connectivity index (χ0) is 19.6. The lowest BCUT2D eigenvalue weighted by atomic mass is 10.2. The van der Waals surface area contributed by atoms with E-state index < -0.39 is 16.0 Å². The molecule has 0 bridgehead atoms. The summed E-state index contributed by atoms with van der Waals surface area (Å²) in [6.45, 7) is -0.0493. The van der Waals surface area contributed by atoms with E-state index in [4.69, 9.17) is 14.6 Å². The maximum absolute atomic E-state index is 12.2. The summed E-state index contributed by atoms with van der Waals surface area (Å²) in [6, 6.07) is 3.87. The number of hydrogen-bond acceptors (Lipinski definition) is 8. The number of carbonyl (C=O) groups is 1. The molecular formula is C16H16N4O5S2. The van der Waals surface area contributed by atoms with Crippen molar-refractivity contribution in [2.24, 2.45) is 12.2 Å². The molecule has 0 spiro atoms. The molecule has 0 aliphatic carbocycles. The maximum atomic E-state index is 12.2. The van der Waals surface area contributed by atoms with Gasteiger partial charge in [-0.15, -0.1) is 11.3 Å². The van der Waals surface area contributed by atoms with Crippen LogP contribution in [0.2, 0.25) is 0 Å². The lowest BCUT2D eigenvalue weighted by molar-refractivity contribution is 0.0468. The molecule has 11 heteroatoms. The third-order valence-corrected chi connectivity index (χ3v) is 5.43. The number of aromatic nitrogens is 3. The summed E-state index contributed by atoms with van der Waals surface area (Å²) in [5.74, 6) is -0.645. The van der Waals surface area contributed by atoms with Crippen molar-refractivity contribution < 1.29 is 22.7 Å². The molecule has 1 aromatic carbocycles. The molecule has 3 aromatic rings. The van der Waals surface area contributed by atoms with Crippen molar-refractivity contribution in [3.05, 3.63) is 47.2 Å². The van der Waals surface area contributed by atoms with Gasteiger partial charge in [0.25, 0.3) is 0 Å². The average molecular weight is 408 g/mol. The summed E-state index contributed by atoms with van der Waals surface area (Å²) >= 11 is 1.41. The minimum atomic E-state index is -4.05. The van der Waals surface area contributed by atoms with E-state index in [1.54, 1.807) is 16.3 Å². The van der Waals surface area contributed by atoms with E-state index in [0.717, 1.165) is 16.6 Å². The van der Waals surface area contributed by atoms with Crippen LogP contribution in [0.4, 0.5) is 0 Å². The maximum Gasteiger partial charge on any atom is 0.338 e. The molecule has 0 aliphatic heterocycles. The number of hydrogen-bond donors (Lipinski definition) is 1. The van der Waals surface area contributed by atoms with E-state index in [1.807, 2.05) is 13.2 Å². The Hall–Kier alpha value is -2.76. The van der Waals surface area contributed by atoms with E-state index in [2.05, 4.69) is 10.1 Å². The summed E-state index contributed by atoms with van der Waals surface area (Å²) in [5.41, 5.74) is 1.49. The van der Waals surface area contributed by atoms with Gasteiger partial charge in [0.1, 0.15) is 22.3 Å². The van der Waals surface area contributed by atoms with Crippen LogP contribution >= 0.6 is 11.3 Å². The van der Waals surface area contributed by atoms with Gasteiger partial charge in [0.05, 0.1) is 24.6 Å². The molecule has 2 N–H and O–H groups in total. The third kappa shape index (κ3) is 4.32. The van der Waals surface area contributed by atoms with Gasteiger partial charge in [-0.25, -0.2) is 23.3 Å². The zero-order valence-electron chi connectivity index (χ0n) is 14.4. The zero-order valence-corrected chi connectivity index (χ0v) is 16.1. The van der Waals surface area contributed by atoms with Crippen molar-refractivity contribution >= 4 is 27.3 Å². The first-order valence-electron chi connectivity index (χ1n) is 7.59. The van der Waals surface area contributed by atoms with Crippen LogP contribution in [-0.4, -0.2) is 36.3 Å². The number of primary sulfonamides is 1. The van der Waals surface area contributed by atoms with Crippen molar-refractivity contribution in [1.82, 2.24) is 14.8 Å². The SMILES string of the molecule is COc1ccc(C(=O)OCc2csc(-c3cnn(C)c3)n2)cc1S(N)(=O)=O. The second-order valence-electron chi connectivity index (χ2n) is 5.53. The second-order valence-corrected chi connectivity index (χ2v) is 7.92. The van der Waals surface area contributed by atoms with Gasteiger partial charge in [-0.05, 0) is 18.2 Å². The van der Waals surface area contributed by atoms with Gasteiger partial charge in [0.2, 0.25) is 10.0 Å². The molecule has 0 unspecified atom stereocenters. The largest absolute Gasteiger partial charge is 0.495 e. The fraction of sp³-hybridized carbons (Fsp3) is 0.188. The van der Waals surface area contributed by atoms with E-state index in [9.17, 15) is 13.2 Å². The van der Waals surface area contributed by atoms with Gasteiger partial charge >= 0.3 is 5.97 Å². The molecule has 0 aliphatic rings. The lowest BCUT2D eigenvalue weighted by Gasteiger charge is -2.09. The van der Waals surface area contributed by atoms with Crippen molar-refractivity contribution in [1.29, 1.82) is 0 Å². The number of aryl methyl sites for hydroxylation is 1. The minimum absolute atomic E-state index is 0.0440. The number of esters is 1. The molecule has 0 fully saturated rings. The van der Waals surface area contributed by atoms with Gasteiger partial charge < -0.3 is 9.47 Å². The summed E-state index contributed by atoms with van der Waals surface area (Å²) in [4.78, 5) is 16.4. The van der Waals surface area contributed by atoms with Crippen LogP contribution < -0.4 is 9.88 Å². The highest BCUT2D eigenvalue weighted by Gasteiger charge is 2.19. The number of methoxy groups -OCH3 is 1. The van der Waals surface area contributed by atoms with E-state index in [-0.39, 0.29) is 22.8 Å². The first kappa shape index (κ1) is 19.0. The first-order valence-corrected chi connectivity index (χ1v) is 10.0. The average Bonchev–Trinajstić information content (AvgIpc) is 3.27. The Kier molecular flexibility index (Phi) is 5.26. The quantitative estimate of drug-likeness (QED) is 0.613. The first-order chi connectivity index (χ1) is 12.8. The van der Waals surface area contributed by atoms with Crippen molar-refractivity contribution in [2.45, 2.75) is 11.5 Å². The van der Waals surface area contributed by atoms with Crippen molar-refractivity contribution in [3.8, 4) is 16.3 Å². The van der Waals surface area contributed by atoms with E-state index in [1.165, 1.54) is 30.6 Å². The van der Waals surface area contributed by atoms with Crippen LogP contribution in [0.15, 0.2) is 40.9 Å². The smallest absolute Gasteiger partial charge is 0.338 e. The fourth-order valence-corrected chi connectivity index (χ4v) is 3.79. The van der Waals surface area contributed by atoms with Gasteiger partial charge in [0, 0.05) is 24.2 Å². The second kappa shape index (κ2) is 7.47. The number of ether oxygens (including phenoxy) is 2. The Morgan fingerprint density at radius 2 is 2.15 bits per heavy atom. The Morgan fingerprint density at radius 1 is 1.37 bits per heavy atom. The number of carbonyl (C=O) groups excluding carboxylic acids is 1. The molecule has 142 valence electrons. The topological polar surface area (TPSA) is 126 Å². The summed E-state index contributed by atoms with van der Waals surface area (Å²) in [5, 5.41) is 11.8. The van der Waals surface area contributed by atoms with Crippen LogP contribution in [-0.2, 0) is 28.4 Å². The summed E-state index contributed by atoms with van der Waals surface area (Å²) < 4.78 is 35.1. The molecule has 3 rings (SSSR count). The van der Waals surface area contributed by atoms with Gasteiger partial charge in [-0.3, -0.25) is 4.68 Å². The molecule has 2 heterocycles. The van der Waals surface area contributed by atoms with Crippen molar-refractivity contribution in [2.75, 3.05) is 7.11 Å². The van der Waals surface area contributed by atoms with Crippen LogP contribution in [0.25, 0.3) is 10.6 Å². The highest BCUT2D eigenvalue weighted by molar-refractivity contribution is 7.89. The van der Waals surface area contributed by atoms with E-state index >= 15 is 0 Å². The number of nitrogens with two attached hydrogens (primary N) is 1. The lowest BCUT2D eigenvalue weighted by Crippen LogP contribution is -2.15. The molecule has 0 saturated heterocycles. The highest BCUT2D eigenvalue weighted by Crippen LogP contribution is 2.25. The molecule has 0 saturated carbocycles. The Bertz CT molecular complexity index is 1090. The monoisotopic (exact) mass is 408 g/mol. The Morgan fingerprint density at radius 3 is 2.78 bits per heavy atom. The number of sulfonamides is 1.